The van der Waals surface area contributed by atoms with Crippen LogP contribution in [0, 0.1) is 0 Å². The topological polar surface area (TPSA) is 16.3 Å². The molecule has 0 bridgehead atoms. The minimum absolute atomic E-state index is 1.09. The molecule has 19 aromatic rings. The number of hydrogen-bond acceptors (Lipinski definition) is 4. The predicted octanol–water partition coefficient (Wildman–Crippen LogP) is 27.3. The zero-order valence-corrected chi connectivity index (χ0v) is 56.0. The lowest BCUT2D eigenvalue weighted by Crippen LogP contribution is -2.09. The van der Waals surface area contributed by atoms with Crippen LogP contribution in [0.5, 0.6) is 0 Å². The molecule has 4 heterocycles. The van der Waals surface area contributed by atoms with Crippen LogP contribution < -0.4 is 9.80 Å². The van der Waals surface area contributed by atoms with Gasteiger partial charge in [-0.1, -0.05) is 261 Å². The molecule has 0 saturated carbocycles. The monoisotopic (exact) mass is 1310 g/mol. The Bertz CT molecular complexity index is 6200. The lowest BCUT2D eigenvalue weighted by molar-refractivity contribution is 1.19. The smallest absolute Gasteiger partial charge is 0.0727 e. The van der Waals surface area contributed by atoms with Crippen molar-refractivity contribution in [3.05, 3.63) is 376 Å². The molecule has 0 aliphatic rings. The number of fused-ring (bicyclic) bond motifs is 10. The maximum Gasteiger partial charge on any atom is 0.0727 e. The quantitative estimate of drug-likeness (QED) is 0.108. The first kappa shape index (κ1) is 58.7. The van der Waals surface area contributed by atoms with Gasteiger partial charge in [-0.15, -0.1) is 22.7 Å². The van der Waals surface area contributed by atoms with Crippen LogP contribution in [0.25, 0.3) is 141 Å². The Morgan fingerprint density at radius 1 is 0.190 bits per heavy atom. The average Bonchev–Trinajstić information content (AvgIpc) is 1.56. The molecule has 0 radical (unpaired) electrons. The van der Waals surface area contributed by atoms with Crippen molar-refractivity contribution >= 4 is 119 Å². The first-order valence-electron chi connectivity index (χ1n) is 34.0. The highest BCUT2D eigenvalue weighted by Crippen LogP contribution is 2.49. The molecule has 0 saturated heterocycles. The Labute approximate surface area is 588 Å². The van der Waals surface area contributed by atoms with Crippen LogP contribution in [0.2, 0.25) is 0 Å². The maximum absolute atomic E-state index is 2.47. The van der Waals surface area contributed by atoms with Crippen LogP contribution in [0.1, 0.15) is 0 Å². The van der Waals surface area contributed by atoms with Crippen LogP contribution >= 0.6 is 22.7 Å². The molecular weight excluding hydrogens is 1250 g/mol. The number of anilines is 6. The minimum Gasteiger partial charge on any atom is -0.311 e. The van der Waals surface area contributed by atoms with Crippen LogP contribution in [0.3, 0.4) is 0 Å². The van der Waals surface area contributed by atoms with Gasteiger partial charge in [0.2, 0.25) is 0 Å². The molecule has 0 N–H and O–H groups in total. The molecule has 0 aliphatic carbocycles. The van der Waals surface area contributed by atoms with E-state index in [0.717, 1.165) is 39.8 Å². The lowest BCUT2D eigenvalue weighted by atomic mass is 9.97. The van der Waals surface area contributed by atoms with Crippen molar-refractivity contribution < 1.29 is 0 Å². The predicted molar refractivity (Wildman–Crippen MR) is 428 cm³/mol. The third-order valence-electron chi connectivity index (χ3n) is 19.8. The molecule has 6 heteroatoms. The first-order chi connectivity index (χ1) is 49.6. The Hall–Kier alpha value is -12.6. The molecule has 0 amide bonds. The van der Waals surface area contributed by atoms with Gasteiger partial charge < -0.3 is 18.9 Å². The van der Waals surface area contributed by atoms with Gasteiger partial charge in [0.05, 0.1) is 31.5 Å². The highest BCUT2D eigenvalue weighted by Gasteiger charge is 2.23. The normalized spacial score (nSPS) is 11.6. The van der Waals surface area contributed by atoms with Gasteiger partial charge >= 0.3 is 0 Å². The summed E-state index contributed by atoms with van der Waals surface area (Å²) in [6.07, 6.45) is 0. The van der Waals surface area contributed by atoms with Gasteiger partial charge in [0.25, 0.3) is 0 Å². The van der Waals surface area contributed by atoms with Gasteiger partial charge in [0.1, 0.15) is 0 Å². The summed E-state index contributed by atoms with van der Waals surface area (Å²) in [5.41, 5.74) is 28.2. The van der Waals surface area contributed by atoms with E-state index in [2.05, 4.69) is 395 Å². The van der Waals surface area contributed by atoms with E-state index in [0.29, 0.717) is 0 Å². The molecule has 0 unspecified atom stereocenters. The molecule has 15 aromatic carbocycles. The summed E-state index contributed by atoms with van der Waals surface area (Å²) in [5, 5.41) is 5.08. The summed E-state index contributed by atoms with van der Waals surface area (Å²) in [6.45, 7) is 0. The summed E-state index contributed by atoms with van der Waals surface area (Å²) >= 11 is 3.80. The third kappa shape index (κ3) is 10.3. The second-order valence-electron chi connectivity index (χ2n) is 25.6. The van der Waals surface area contributed by atoms with Crippen molar-refractivity contribution in [2.45, 2.75) is 0 Å². The van der Waals surface area contributed by atoms with E-state index in [1.165, 1.54) is 135 Å². The van der Waals surface area contributed by atoms with Gasteiger partial charge in [0.15, 0.2) is 0 Å². The lowest BCUT2D eigenvalue weighted by Gasteiger charge is -2.26. The van der Waals surface area contributed by atoms with Crippen molar-refractivity contribution in [3.63, 3.8) is 0 Å². The Morgan fingerprint density at radius 2 is 0.470 bits per heavy atom. The summed E-state index contributed by atoms with van der Waals surface area (Å²) < 4.78 is 10.1. The summed E-state index contributed by atoms with van der Waals surface area (Å²) in [7, 11) is 0. The molecule has 0 atom stereocenters. The van der Waals surface area contributed by atoms with Crippen LogP contribution in [0.4, 0.5) is 34.1 Å². The molecule has 4 aromatic heterocycles. The van der Waals surface area contributed by atoms with E-state index in [1.807, 2.05) is 22.7 Å². The average molecular weight is 1310 g/mol. The Kier molecular flexibility index (Phi) is 14.6. The zero-order chi connectivity index (χ0) is 66.0. The van der Waals surface area contributed by atoms with Gasteiger partial charge in [-0.05, 0) is 182 Å². The van der Waals surface area contributed by atoms with Crippen molar-refractivity contribution in [1.82, 2.24) is 9.13 Å². The van der Waals surface area contributed by atoms with Crippen LogP contribution in [-0.4, -0.2) is 9.13 Å². The number of benzene rings is 15. The molecule has 4 nitrogen and oxygen atoms in total. The highest BCUT2D eigenvalue weighted by molar-refractivity contribution is 7.27. The molecule has 100 heavy (non-hydrogen) atoms. The fourth-order valence-corrected chi connectivity index (χ4v) is 17.7. The van der Waals surface area contributed by atoms with Gasteiger partial charge in [-0.3, -0.25) is 0 Å². The second-order valence-corrected chi connectivity index (χ2v) is 27.6. The molecule has 0 aliphatic heterocycles. The number of hydrogen-bond donors (Lipinski definition) is 0. The molecule has 0 spiro atoms. The third-order valence-corrected chi connectivity index (χ3v) is 22.3. The van der Waals surface area contributed by atoms with E-state index in [4.69, 9.17) is 0 Å². The summed E-state index contributed by atoms with van der Waals surface area (Å²) in [5.74, 6) is 0. The van der Waals surface area contributed by atoms with E-state index in [1.54, 1.807) is 0 Å². The summed E-state index contributed by atoms with van der Waals surface area (Å²) in [6, 6.07) is 137. The zero-order valence-electron chi connectivity index (χ0n) is 54.4. The minimum atomic E-state index is 1.09. The van der Waals surface area contributed by atoms with Crippen molar-refractivity contribution in [3.8, 4) is 78.1 Å². The van der Waals surface area contributed by atoms with Crippen molar-refractivity contribution in [2.24, 2.45) is 0 Å². The van der Waals surface area contributed by atoms with Crippen molar-refractivity contribution in [2.75, 3.05) is 9.80 Å². The number of thiophene rings is 2. The second kappa shape index (κ2) is 24.8. The van der Waals surface area contributed by atoms with Crippen LogP contribution in [-0.2, 0) is 0 Å². The number of para-hydroxylation sites is 5. The van der Waals surface area contributed by atoms with E-state index >= 15 is 0 Å². The molecule has 19 rings (SSSR count). The Balaban J connectivity index is 0.577. The first-order valence-corrected chi connectivity index (χ1v) is 35.7. The molecule has 470 valence electrons. The van der Waals surface area contributed by atoms with E-state index in [9.17, 15) is 0 Å². The Morgan fingerprint density at radius 3 is 0.890 bits per heavy atom. The highest BCUT2D eigenvalue weighted by atomic mass is 32.1. The van der Waals surface area contributed by atoms with E-state index < -0.39 is 0 Å². The van der Waals surface area contributed by atoms with Crippen molar-refractivity contribution in [1.29, 1.82) is 0 Å². The number of nitrogens with zero attached hydrogens (tertiary/aromatic N) is 4. The molecular formula is C94H62N4S2. The van der Waals surface area contributed by atoms with Crippen LogP contribution in [0.15, 0.2) is 376 Å². The standard InChI is InChI=1S/C94H62N4S2/c1-5-20-63(21-6-1)65-42-52-76(53-43-65)95(73-24-7-2-8-25-73)78-58-50-70(51-59-78)82-33-19-35-86-90-94(100-92(82)86)84-31-14-16-37-88(84)98(90)80-56-46-68(47-57-80)72-23-17-22-71(62-72)67-40-38-64(39-41-67)66-44-54-77(55-45-66)96(74-26-9-3-10-27-74)79-60-48-69(49-61-79)81-32-18-34-85-89-93(99-91(81)85)83-30-13-15-36-87(83)97(89)75-28-11-4-12-29-75/h1-62H. The molecule has 0 fully saturated rings. The number of rotatable bonds is 14. The van der Waals surface area contributed by atoms with Gasteiger partial charge in [-0.2, -0.15) is 0 Å². The SMILES string of the molecule is c1ccc(-c2ccc(N(c3ccccc3)c3ccc(-c4cccc5c4sc4c6ccccc6n(-c6ccc(-c7cccc(-c8ccc(-c9ccc(N(c%10ccccc%10)c%10ccc(-c%11cccc%12c%11sc%11c%13ccccc%13n(-c%13ccccc%13)c%12%11)cc%10)cc9)cc8)c7)cc6)c54)cc3)cc2)cc1. The largest absolute Gasteiger partial charge is 0.311 e. The van der Waals surface area contributed by atoms with E-state index in [-0.39, 0.29) is 0 Å². The fraction of sp³-hybridized carbons (Fsp3) is 0. The number of aromatic nitrogens is 2. The fourth-order valence-electron chi connectivity index (χ4n) is 15.0. The summed E-state index contributed by atoms with van der Waals surface area (Å²) in [4.78, 5) is 4.69. The maximum atomic E-state index is 2.47. The van der Waals surface area contributed by atoms with Gasteiger partial charge in [0, 0.05) is 76.4 Å². The van der Waals surface area contributed by atoms with Gasteiger partial charge in [-0.25, -0.2) is 0 Å².